The monoisotopic (exact) mass is 351 g/mol. The smallest absolute Gasteiger partial charge is 0.387 e. The lowest BCUT2D eigenvalue weighted by Crippen LogP contribution is -2.25. The molecule has 0 aliphatic carbocycles. The van der Waals surface area contributed by atoms with Crippen LogP contribution in [-0.4, -0.2) is 37.6 Å². The first kappa shape index (κ1) is 16.8. The van der Waals surface area contributed by atoms with Crippen LogP contribution in [0.1, 0.15) is 16.8 Å². The second kappa shape index (κ2) is 9.66. The molecule has 0 saturated heterocycles. The third kappa shape index (κ3) is 6.81. The first-order valence-electron chi connectivity index (χ1n) is 6.10. The molecule has 0 spiro atoms. The molecule has 20 heavy (non-hydrogen) atoms. The van der Waals surface area contributed by atoms with E-state index in [-0.39, 0.29) is 11.7 Å². The Labute approximate surface area is 124 Å². The molecule has 1 rings (SSSR count). The topological polar surface area (TPSA) is 47.6 Å². The maximum absolute atomic E-state index is 12.0. The van der Waals surface area contributed by atoms with Gasteiger partial charge in [0.05, 0.1) is 6.61 Å². The summed E-state index contributed by atoms with van der Waals surface area (Å²) in [7, 11) is 0. The molecule has 4 nitrogen and oxygen atoms in total. The van der Waals surface area contributed by atoms with Crippen LogP contribution < -0.4 is 10.1 Å². The molecule has 0 bridgehead atoms. The van der Waals surface area contributed by atoms with Gasteiger partial charge in [-0.15, -0.1) is 0 Å². The third-order valence-corrected chi connectivity index (χ3v) is 2.64. The molecule has 0 fully saturated rings. The summed E-state index contributed by atoms with van der Waals surface area (Å²) < 4.78 is 33.4. The van der Waals surface area contributed by atoms with E-state index in [1.54, 1.807) is 0 Å². The van der Waals surface area contributed by atoms with E-state index in [4.69, 9.17) is 4.74 Å². The minimum Gasteiger partial charge on any atom is -0.435 e. The number of nitrogens with one attached hydrogen (secondary N) is 1. The van der Waals surface area contributed by atoms with Crippen LogP contribution in [0.3, 0.4) is 0 Å². The van der Waals surface area contributed by atoms with Crippen molar-refractivity contribution in [2.75, 3.05) is 25.1 Å². The summed E-state index contributed by atoms with van der Waals surface area (Å²) in [6.07, 6.45) is 0.714. The van der Waals surface area contributed by atoms with E-state index in [0.717, 1.165) is 5.33 Å². The Morgan fingerprint density at radius 1 is 1.25 bits per heavy atom. The van der Waals surface area contributed by atoms with Gasteiger partial charge in [-0.2, -0.15) is 8.78 Å². The Morgan fingerprint density at radius 2 is 1.95 bits per heavy atom. The molecular weight excluding hydrogens is 336 g/mol. The molecule has 7 heteroatoms. The number of hydrogen-bond acceptors (Lipinski definition) is 3. The first-order valence-corrected chi connectivity index (χ1v) is 7.22. The lowest BCUT2D eigenvalue weighted by molar-refractivity contribution is -0.0498. The average Bonchev–Trinajstić information content (AvgIpc) is 2.42. The zero-order valence-electron chi connectivity index (χ0n) is 10.8. The van der Waals surface area contributed by atoms with E-state index < -0.39 is 6.61 Å². The highest BCUT2D eigenvalue weighted by Crippen LogP contribution is 2.14. The van der Waals surface area contributed by atoms with Crippen LogP contribution in [0.5, 0.6) is 5.75 Å². The number of ether oxygens (including phenoxy) is 2. The molecule has 112 valence electrons. The van der Waals surface area contributed by atoms with Crippen LogP contribution in [0.15, 0.2) is 24.3 Å². The van der Waals surface area contributed by atoms with Crippen molar-refractivity contribution in [2.45, 2.75) is 13.0 Å². The van der Waals surface area contributed by atoms with Gasteiger partial charge in [0, 0.05) is 24.0 Å². The van der Waals surface area contributed by atoms with E-state index in [0.29, 0.717) is 31.7 Å². The molecule has 1 aromatic rings. The molecule has 0 aromatic heterocycles. The second-order valence-corrected chi connectivity index (χ2v) is 4.61. The summed E-state index contributed by atoms with van der Waals surface area (Å²) in [4.78, 5) is 11.7. The summed E-state index contributed by atoms with van der Waals surface area (Å²) in [6, 6.07) is 5.54. The van der Waals surface area contributed by atoms with Gasteiger partial charge < -0.3 is 14.8 Å². The van der Waals surface area contributed by atoms with E-state index in [1.165, 1.54) is 24.3 Å². The van der Waals surface area contributed by atoms with Gasteiger partial charge in [0.15, 0.2) is 0 Å². The minimum absolute atomic E-state index is 0.0275. The second-order valence-electron chi connectivity index (χ2n) is 3.81. The third-order valence-electron chi connectivity index (χ3n) is 2.31. The summed E-state index contributed by atoms with van der Waals surface area (Å²) in [5.41, 5.74) is 0.396. The predicted molar refractivity (Wildman–Crippen MR) is 74.6 cm³/mol. The zero-order valence-corrected chi connectivity index (χ0v) is 12.4. The fraction of sp³-hybridized carbons (Fsp3) is 0.462. The minimum atomic E-state index is -2.87. The molecule has 1 aromatic carbocycles. The highest BCUT2D eigenvalue weighted by Gasteiger charge is 2.07. The Bertz CT molecular complexity index is 401. The number of benzene rings is 1. The van der Waals surface area contributed by atoms with Crippen molar-refractivity contribution in [2.24, 2.45) is 0 Å². The molecule has 0 saturated carbocycles. The highest BCUT2D eigenvalue weighted by atomic mass is 79.9. The first-order chi connectivity index (χ1) is 9.63. The summed E-state index contributed by atoms with van der Waals surface area (Å²) in [6.45, 7) is -1.16. The van der Waals surface area contributed by atoms with E-state index in [9.17, 15) is 13.6 Å². The van der Waals surface area contributed by atoms with Gasteiger partial charge in [0.2, 0.25) is 0 Å². The molecular formula is C13H16BrF2NO3. The molecule has 0 aliphatic heterocycles. The average molecular weight is 352 g/mol. The Kier molecular flexibility index (Phi) is 8.13. The Balaban J connectivity index is 2.29. The SMILES string of the molecule is O=C(NCCCOCCBr)c1ccc(OC(F)F)cc1. The molecule has 1 N–H and O–H groups in total. The van der Waals surface area contributed by atoms with E-state index >= 15 is 0 Å². The molecule has 0 unspecified atom stereocenters. The van der Waals surface area contributed by atoms with Crippen molar-refractivity contribution in [1.82, 2.24) is 5.32 Å². The fourth-order valence-electron chi connectivity index (χ4n) is 1.42. The van der Waals surface area contributed by atoms with Gasteiger partial charge >= 0.3 is 6.61 Å². The maximum Gasteiger partial charge on any atom is 0.387 e. The van der Waals surface area contributed by atoms with Crippen LogP contribution in [0.2, 0.25) is 0 Å². The van der Waals surface area contributed by atoms with Crippen molar-refractivity contribution in [3.63, 3.8) is 0 Å². The summed E-state index contributed by atoms with van der Waals surface area (Å²) in [5.74, 6) is -0.228. The number of rotatable bonds is 9. The standard InChI is InChI=1S/C13H16BrF2NO3/c14-6-9-19-8-1-7-17-12(18)10-2-4-11(5-3-10)20-13(15)16/h2-5,13H,1,6-9H2,(H,17,18). The molecule has 0 radical (unpaired) electrons. The lowest BCUT2D eigenvalue weighted by atomic mass is 10.2. The largest absolute Gasteiger partial charge is 0.435 e. The van der Waals surface area contributed by atoms with Gasteiger partial charge in [-0.25, -0.2) is 0 Å². The lowest BCUT2D eigenvalue weighted by Gasteiger charge is -2.07. The van der Waals surface area contributed by atoms with Crippen molar-refractivity contribution in [3.8, 4) is 5.75 Å². The van der Waals surface area contributed by atoms with Gasteiger partial charge in [-0.05, 0) is 30.7 Å². The number of amides is 1. The Morgan fingerprint density at radius 3 is 2.55 bits per heavy atom. The molecule has 1 amide bonds. The number of carbonyl (C=O) groups excluding carboxylic acids is 1. The van der Waals surface area contributed by atoms with E-state index in [1.807, 2.05) is 0 Å². The van der Waals surface area contributed by atoms with Crippen LogP contribution in [-0.2, 0) is 4.74 Å². The maximum atomic E-state index is 12.0. The van der Waals surface area contributed by atoms with Crippen molar-refractivity contribution in [1.29, 1.82) is 0 Å². The molecule has 0 aliphatic rings. The van der Waals surface area contributed by atoms with Gasteiger partial charge in [-0.1, -0.05) is 15.9 Å². The van der Waals surface area contributed by atoms with Gasteiger partial charge in [-0.3, -0.25) is 4.79 Å². The van der Waals surface area contributed by atoms with Crippen LogP contribution in [0.25, 0.3) is 0 Å². The van der Waals surface area contributed by atoms with Crippen molar-refractivity contribution in [3.05, 3.63) is 29.8 Å². The van der Waals surface area contributed by atoms with Gasteiger partial charge in [0.25, 0.3) is 5.91 Å². The van der Waals surface area contributed by atoms with Crippen molar-refractivity contribution < 1.29 is 23.0 Å². The number of alkyl halides is 3. The Hall–Kier alpha value is -1.21. The number of hydrogen-bond donors (Lipinski definition) is 1. The van der Waals surface area contributed by atoms with E-state index in [2.05, 4.69) is 26.0 Å². The van der Waals surface area contributed by atoms with Crippen LogP contribution >= 0.6 is 15.9 Å². The molecule has 0 atom stereocenters. The number of halogens is 3. The van der Waals surface area contributed by atoms with Crippen molar-refractivity contribution >= 4 is 21.8 Å². The predicted octanol–water partition coefficient (Wildman–Crippen LogP) is 2.82. The summed E-state index contributed by atoms with van der Waals surface area (Å²) >= 11 is 3.24. The molecule has 0 heterocycles. The quantitative estimate of drug-likeness (QED) is 0.549. The normalized spacial score (nSPS) is 10.6. The fourth-order valence-corrected chi connectivity index (χ4v) is 1.65. The highest BCUT2D eigenvalue weighted by molar-refractivity contribution is 9.09. The summed E-state index contributed by atoms with van der Waals surface area (Å²) in [5, 5.41) is 3.50. The van der Waals surface area contributed by atoms with Gasteiger partial charge in [0.1, 0.15) is 5.75 Å². The number of carbonyl (C=O) groups is 1. The van der Waals surface area contributed by atoms with Crippen LogP contribution in [0, 0.1) is 0 Å². The zero-order chi connectivity index (χ0) is 14.8. The van der Waals surface area contributed by atoms with Crippen LogP contribution in [0.4, 0.5) is 8.78 Å².